The van der Waals surface area contributed by atoms with Crippen molar-refractivity contribution in [1.29, 1.82) is 0 Å². The average Bonchev–Trinajstić information content (AvgIpc) is 3.00. The highest BCUT2D eigenvalue weighted by atomic mass is 35.5. The quantitative estimate of drug-likeness (QED) is 0.523. The normalized spacial score (nSPS) is 16.2. The largest absolute Gasteiger partial charge is 0.489 e. The molecule has 1 aliphatic rings. The lowest BCUT2D eigenvalue weighted by atomic mass is 10.1. The van der Waals surface area contributed by atoms with Gasteiger partial charge in [0.15, 0.2) is 0 Å². The van der Waals surface area contributed by atoms with Gasteiger partial charge in [-0.2, -0.15) is 0 Å². The van der Waals surface area contributed by atoms with Crippen molar-refractivity contribution in [3.63, 3.8) is 0 Å². The van der Waals surface area contributed by atoms with Gasteiger partial charge in [-0.3, -0.25) is 9.59 Å². The van der Waals surface area contributed by atoms with Gasteiger partial charge in [-0.25, -0.2) is 0 Å². The summed E-state index contributed by atoms with van der Waals surface area (Å²) in [7, 11) is 0. The maximum atomic E-state index is 13.1. The summed E-state index contributed by atoms with van der Waals surface area (Å²) in [5.41, 5.74) is 2.47. The molecule has 1 aliphatic heterocycles. The van der Waals surface area contributed by atoms with Crippen LogP contribution in [0.1, 0.15) is 40.7 Å². The molecule has 1 unspecified atom stereocenters. The number of hydrogen-bond donors (Lipinski definition) is 1. The highest BCUT2D eigenvalue weighted by Gasteiger charge is 2.28. The molecule has 3 aromatic rings. The van der Waals surface area contributed by atoms with Crippen LogP contribution in [0.25, 0.3) is 0 Å². The number of rotatable bonds is 7. The van der Waals surface area contributed by atoms with Crippen LogP contribution in [0.15, 0.2) is 78.9 Å². The number of benzene rings is 3. The lowest BCUT2D eigenvalue weighted by Crippen LogP contribution is -2.47. The summed E-state index contributed by atoms with van der Waals surface area (Å²) < 4.78 is 5.75. The standard InChI is InChI=1S/C27H27ClN2O3/c28-23-8-6-7-21(17-23)18-30-16-5-4-11-25(27(30)32)29-26(31)22-14-12-20(13-15-22)19-33-24-9-2-1-3-10-24/h1-3,6-10,12-15,17,25H,4-5,11,16,18-19H2,(H,29,31). The van der Waals surface area contributed by atoms with E-state index in [1.807, 2.05) is 71.6 Å². The Morgan fingerprint density at radius 3 is 2.52 bits per heavy atom. The van der Waals surface area contributed by atoms with Gasteiger partial charge in [0.25, 0.3) is 5.91 Å². The maximum Gasteiger partial charge on any atom is 0.251 e. The molecule has 2 amide bonds. The fraction of sp³-hybridized carbons (Fsp3) is 0.259. The first-order valence-corrected chi connectivity index (χ1v) is 11.6. The monoisotopic (exact) mass is 462 g/mol. The molecule has 0 spiro atoms. The predicted molar refractivity (Wildman–Crippen MR) is 129 cm³/mol. The van der Waals surface area contributed by atoms with Crippen molar-refractivity contribution in [2.75, 3.05) is 6.54 Å². The molecule has 6 heteroatoms. The summed E-state index contributed by atoms with van der Waals surface area (Å²) in [4.78, 5) is 27.8. The Hall–Kier alpha value is -3.31. The number of carbonyl (C=O) groups excluding carboxylic acids is 2. The molecule has 1 atom stereocenters. The smallest absolute Gasteiger partial charge is 0.251 e. The molecule has 0 radical (unpaired) electrons. The molecule has 3 aromatic carbocycles. The van der Waals surface area contributed by atoms with Crippen LogP contribution in [0.5, 0.6) is 5.75 Å². The van der Waals surface area contributed by atoms with Crippen LogP contribution in [0.4, 0.5) is 0 Å². The number of likely N-dealkylation sites (tertiary alicyclic amines) is 1. The zero-order valence-electron chi connectivity index (χ0n) is 18.4. The third kappa shape index (κ3) is 6.36. The second-order valence-electron chi connectivity index (χ2n) is 8.21. The Balaban J connectivity index is 1.35. The second kappa shape index (κ2) is 11.0. The van der Waals surface area contributed by atoms with E-state index in [0.29, 0.717) is 36.7 Å². The molecule has 1 N–H and O–H groups in total. The van der Waals surface area contributed by atoms with E-state index < -0.39 is 6.04 Å². The van der Waals surface area contributed by atoms with Crippen molar-refractivity contribution in [3.05, 3.63) is 101 Å². The molecule has 4 rings (SSSR count). The Labute approximate surface area is 199 Å². The third-order valence-electron chi connectivity index (χ3n) is 5.71. The Morgan fingerprint density at radius 1 is 0.970 bits per heavy atom. The van der Waals surface area contributed by atoms with Crippen molar-refractivity contribution in [3.8, 4) is 5.75 Å². The van der Waals surface area contributed by atoms with E-state index >= 15 is 0 Å². The third-order valence-corrected chi connectivity index (χ3v) is 5.95. The fourth-order valence-corrected chi connectivity index (χ4v) is 4.14. The van der Waals surface area contributed by atoms with Crippen molar-refractivity contribution in [2.24, 2.45) is 0 Å². The van der Waals surface area contributed by atoms with Gasteiger partial charge in [0.1, 0.15) is 18.4 Å². The van der Waals surface area contributed by atoms with Crippen LogP contribution in [-0.2, 0) is 17.9 Å². The molecule has 0 saturated carbocycles. The SMILES string of the molecule is O=C(NC1CCCCN(Cc2cccc(Cl)c2)C1=O)c1ccc(COc2ccccc2)cc1. The lowest BCUT2D eigenvalue weighted by molar-refractivity contribution is -0.133. The average molecular weight is 463 g/mol. The molecule has 5 nitrogen and oxygen atoms in total. The van der Waals surface area contributed by atoms with E-state index in [1.54, 1.807) is 12.1 Å². The topological polar surface area (TPSA) is 58.6 Å². The first kappa shape index (κ1) is 22.9. The number of halogens is 1. The van der Waals surface area contributed by atoms with Crippen molar-refractivity contribution >= 4 is 23.4 Å². The first-order chi connectivity index (χ1) is 16.1. The van der Waals surface area contributed by atoms with Crippen LogP contribution in [0.2, 0.25) is 5.02 Å². The Kier molecular flexibility index (Phi) is 7.63. The van der Waals surface area contributed by atoms with Gasteiger partial charge >= 0.3 is 0 Å². The zero-order valence-corrected chi connectivity index (χ0v) is 19.1. The molecule has 0 aromatic heterocycles. The number of para-hydroxylation sites is 1. The summed E-state index contributed by atoms with van der Waals surface area (Å²) in [5.74, 6) is 0.510. The van der Waals surface area contributed by atoms with Gasteiger partial charge in [0.05, 0.1) is 0 Å². The molecular formula is C27H27ClN2O3. The highest BCUT2D eigenvalue weighted by Crippen LogP contribution is 2.18. The van der Waals surface area contributed by atoms with Crippen molar-refractivity contribution in [1.82, 2.24) is 10.2 Å². The minimum absolute atomic E-state index is 0.0475. The first-order valence-electron chi connectivity index (χ1n) is 11.2. The highest BCUT2D eigenvalue weighted by molar-refractivity contribution is 6.30. The minimum atomic E-state index is -0.528. The van der Waals surface area contributed by atoms with Gasteiger partial charge in [0, 0.05) is 23.7 Å². The molecular weight excluding hydrogens is 436 g/mol. The van der Waals surface area contributed by atoms with Crippen LogP contribution in [0.3, 0.4) is 0 Å². The predicted octanol–water partition coefficient (Wildman–Crippen LogP) is 5.23. The van der Waals surface area contributed by atoms with E-state index in [9.17, 15) is 9.59 Å². The molecule has 33 heavy (non-hydrogen) atoms. The van der Waals surface area contributed by atoms with E-state index in [2.05, 4.69) is 5.32 Å². The summed E-state index contributed by atoms with van der Waals surface area (Å²) in [5, 5.41) is 3.59. The number of nitrogens with one attached hydrogen (secondary N) is 1. The fourth-order valence-electron chi connectivity index (χ4n) is 3.93. The van der Waals surface area contributed by atoms with Gasteiger partial charge in [-0.05, 0) is 66.8 Å². The molecule has 0 bridgehead atoms. The summed E-state index contributed by atoms with van der Waals surface area (Å²) >= 11 is 6.09. The maximum absolute atomic E-state index is 13.1. The number of amides is 2. The van der Waals surface area contributed by atoms with E-state index in [1.165, 1.54) is 0 Å². The summed E-state index contributed by atoms with van der Waals surface area (Å²) in [6, 6.07) is 23.9. The van der Waals surface area contributed by atoms with E-state index in [0.717, 1.165) is 29.7 Å². The van der Waals surface area contributed by atoms with Crippen molar-refractivity contribution in [2.45, 2.75) is 38.5 Å². The van der Waals surface area contributed by atoms with Gasteiger partial charge in [-0.15, -0.1) is 0 Å². The van der Waals surface area contributed by atoms with Gasteiger partial charge in [0.2, 0.25) is 5.91 Å². The summed E-state index contributed by atoms with van der Waals surface area (Å²) in [6.45, 7) is 1.58. The van der Waals surface area contributed by atoms with Crippen LogP contribution in [-0.4, -0.2) is 29.3 Å². The van der Waals surface area contributed by atoms with Crippen LogP contribution in [0, 0.1) is 0 Å². The molecule has 1 heterocycles. The van der Waals surface area contributed by atoms with E-state index in [4.69, 9.17) is 16.3 Å². The van der Waals surface area contributed by atoms with Gasteiger partial charge in [-0.1, -0.05) is 54.1 Å². The van der Waals surface area contributed by atoms with Gasteiger partial charge < -0.3 is 15.0 Å². The number of hydrogen-bond acceptors (Lipinski definition) is 3. The molecule has 1 fully saturated rings. The molecule has 170 valence electrons. The Bertz CT molecular complexity index is 1090. The van der Waals surface area contributed by atoms with E-state index in [-0.39, 0.29) is 11.8 Å². The lowest BCUT2D eigenvalue weighted by Gasteiger charge is -2.25. The van der Waals surface area contributed by atoms with Crippen LogP contribution >= 0.6 is 11.6 Å². The zero-order chi connectivity index (χ0) is 23.0. The van der Waals surface area contributed by atoms with Crippen molar-refractivity contribution < 1.29 is 14.3 Å². The molecule has 1 saturated heterocycles. The molecule has 0 aliphatic carbocycles. The minimum Gasteiger partial charge on any atom is -0.489 e. The van der Waals surface area contributed by atoms with Crippen LogP contribution < -0.4 is 10.1 Å². The number of carbonyl (C=O) groups is 2. The Morgan fingerprint density at radius 2 is 1.76 bits per heavy atom. The summed E-state index contributed by atoms with van der Waals surface area (Å²) in [6.07, 6.45) is 2.44. The second-order valence-corrected chi connectivity index (χ2v) is 8.65. The number of ether oxygens (including phenoxy) is 1. The number of nitrogens with zero attached hydrogens (tertiary/aromatic N) is 1.